The van der Waals surface area contributed by atoms with Crippen molar-refractivity contribution in [2.24, 2.45) is 0 Å². The van der Waals surface area contributed by atoms with Gasteiger partial charge in [0.05, 0.1) is 24.0 Å². The summed E-state index contributed by atoms with van der Waals surface area (Å²) >= 11 is 0. The van der Waals surface area contributed by atoms with Gasteiger partial charge in [0.1, 0.15) is 18.0 Å². The normalized spacial score (nSPS) is 12.9. The van der Waals surface area contributed by atoms with Crippen LogP contribution >= 0.6 is 0 Å². The van der Waals surface area contributed by atoms with Crippen LogP contribution in [0.4, 0.5) is 4.39 Å². The first kappa shape index (κ1) is 13.9. The van der Waals surface area contributed by atoms with Crippen LogP contribution in [0, 0.1) is 46.4 Å². The molecule has 0 N–H and O–H groups in total. The van der Waals surface area contributed by atoms with Crippen molar-refractivity contribution >= 4 is 5.57 Å². The molecule has 1 aromatic carbocycles. The molecule has 2 aromatic rings. The summed E-state index contributed by atoms with van der Waals surface area (Å²) < 4.78 is 13.6. The minimum atomic E-state index is -0.544. The number of rotatable bonds is 0. The average molecular weight is 298 g/mol. The summed E-state index contributed by atoms with van der Waals surface area (Å²) in [5.74, 6) is -0.544. The second-order valence-electron chi connectivity index (χ2n) is 4.48. The van der Waals surface area contributed by atoms with Crippen LogP contribution in [0.15, 0.2) is 23.9 Å². The lowest BCUT2D eigenvalue weighted by atomic mass is 10.0. The fraction of sp³-hybridized carbons (Fsp3) is 0. The highest BCUT2D eigenvalue weighted by molar-refractivity contribution is 6.01. The molecule has 6 nitrogen and oxygen atoms in total. The number of benzene rings is 1. The lowest BCUT2D eigenvalue weighted by Crippen LogP contribution is -2.00. The Hall–Kier alpha value is -4.07. The summed E-state index contributed by atoms with van der Waals surface area (Å²) in [5.41, 5.74) is 0.617. The Morgan fingerprint density at radius 2 is 1.70 bits per heavy atom. The van der Waals surface area contributed by atoms with Crippen LogP contribution in [0.3, 0.4) is 0 Å². The van der Waals surface area contributed by atoms with Crippen molar-refractivity contribution in [3.8, 4) is 29.5 Å². The summed E-state index contributed by atoms with van der Waals surface area (Å²) in [6.07, 6.45) is 0. The largest absolute Gasteiger partial charge is 0.271 e. The molecule has 0 saturated heterocycles. The maximum Gasteiger partial charge on any atom is 0.271 e. The molecule has 0 unspecified atom stereocenters. The highest BCUT2D eigenvalue weighted by Gasteiger charge is 2.31. The molecule has 23 heavy (non-hydrogen) atoms. The SMILES string of the molecule is [C-]#[N+]/C(C#N)=C1\c2cc(F)ccc2-c2nc(C#N)c(C#N)nc21. The van der Waals surface area contributed by atoms with Crippen LogP contribution in [0.1, 0.15) is 22.6 Å². The standard InChI is InChI=1S/C16H3FN6/c1-21-13(7-20)14-10-4-8(17)2-3-9(10)15-16(14)23-12(6-19)11(5-18)22-15/h2-4H/b14-13+. The smallest absolute Gasteiger partial charge is 0.233 e. The first-order valence-electron chi connectivity index (χ1n) is 6.19. The summed E-state index contributed by atoms with van der Waals surface area (Å²) in [4.78, 5) is 11.3. The van der Waals surface area contributed by atoms with Gasteiger partial charge in [-0.1, -0.05) is 0 Å². The predicted molar refractivity (Wildman–Crippen MR) is 75.1 cm³/mol. The van der Waals surface area contributed by atoms with Gasteiger partial charge in [0.25, 0.3) is 5.70 Å². The van der Waals surface area contributed by atoms with Crippen LogP contribution in [0.25, 0.3) is 21.7 Å². The van der Waals surface area contributed by atoms with Crippen LogP contribution in [-0.4, -0.2) is 9.97 Å². The summed E-state index contributed by atoms with van der Waals surface area (Å²) in [5, 5.41) is 27.3. The first-order valence-corrected chi connectivity index (χ1v) is 6.19. The lowest BCUT2D eigenvalue weighted by molar-refractivity contribution is 0.627. The molecular weight excluding hydrogens is 295 g/mol. The van der Waals surface area contributed by atoms with E-state index >= 15 is 0 Å². The van der Waals surface area contributed by atoms with E-state index in [2.05, 4.69) is 14.8 Å². The van der Waals surface area contributed by atoms with Crippen molar-refractivity contribution in [2.75, 3.05) is 0 Å². The Labute approximate surface area is 129 Å². The molecule has 1 aliphatic carbocycles. The molecule has 104 valence electrons. The molecule has 0 fully saturated rings. The van der Waals surface area contributed by atoms with Gasteiger partial charge in [-0.2, -0.15) is 10.5 Å². The van der Waals surface area contributed by atoms with Gasteiger partial charge in [-0.15, -0.1) is 0 Å². The second-order valence-corrected chi connectivity index (χ2v) is 4.48. The summed E-state index contributed by atoms with van der Waals surface area (Å²) in [6, 6.07) is 9.11. The van der Waals surface area contributed by atoms with E-state index in [0.717, 1.165) is 0 Å². The van der Waals surface area contributed by atoms with Gasteiger partial charge in [0, 0.05) is 11.1 Å². The van der Waals surface area contributed by atoms with Crippen LogP contribution in [-0.2, 0) is 0 Å². The van der Waals surface area contributed by atoms with Gasteiger partial charge >= 0.3 is 0 Å². The fourth-order valence-electron chi connectivity index (χ4n) is 2.39. The molecule has 7 heteroatoms. The topological polar surface area (TPSA) is 102 Å². The fourth-order valence-corrected chi connectivity index (χ4v) is 2.39. The molecule has 0 radical (unpaired) electrons. The molecule has 1 heterocycles. The van der Waals surface area contributed by atoms with Gasteiger partial charge in [0.15, 0.2) is 11.4 Å². The third kappa shape index (κ3) is 1.90. The van der Waals surface area contributed by atoms with E-state index in [4.69, 9.17) is 22.4 Å². The molecule has 0 amide bonds. The maximum absolute atomic E-state index is 13.6. The zero-order valence-electron chi connectivity index (χ0n) is 11.3. The van der Waals surface area contributed by atoms with E-state index in [-0.39, 0.29) is 34.0 Å². The Balaban J connectivity index is 2.50. The van der Waals surface area contributed by atoms with Crippen molar-refractivity contribution in [2.45, 2.75) is 0 Å². The molecular formula is C16H3FN6. The quantitative estimate of drug-likeness (QED) is 0.469. The summed E-state index contributed by atoms with van der Waals surface area (Å²) in [7, 11) is 0. The highest BCUT2D eigenvalue weighted by atomic mass is 19.1. The molecule has 1 aromatic heterocycles. The van der Waals surface area contributed by atoms with Crippen molar-refractivity contribution in [1.29, 1.82) is 15.8 Å². The zero-order valence-corrected chi connectivity index (χ0v) is 11.3. The highest BCUT2D eigenvalue weighted by Crippen LogP contribution is 2.44. The Morgan fingerprint density at radius 1 is 1.04 bits per heavy atom. The van der Waals surface area contributed by atoms with Gasteiger partial charge in [-0.05, 0) is 23.8 Å². The van der Waals surface area contributed by atoms with Gasteiger partial charge in [-0.3, -0.25) is 0 Å². The Kier molecular flexibility index (Phi) is 3.04. The van der Waals surface area contributed by atoms with E-state index in [9.17, 15) is 4.39 Å². The zero-order chi connectivity index (χ0) is 16.6. The van der Waals surface area contributed by atoms with Gasteiger partial charge in [0.2, 0.25) is 0 Å². The van der Waals surface area contributed by atoms with Crippen LogP contribution in [0.5, 0.6) is 0 Å². The number of hydrogen-bond acceptors (Lipinski definition) is 5. The summed E-state index contributed by atoms with van der Waals surface area (Å²) in [6.45, 7) is 7.12. The van der Waals surface area contributed by atoms with E-state index in [1.54, 1.807) is 18.2 Å². The molecule has 0 saturated carbocycles. The van der Waals surface area contributed by atoms with Crippen molar-refractivity contribution in [3.63, 3.8) is 0 Å². The molecule has 0 aliphatic heterocycles. The number of halogens is 1. The van der Waals surface area contributed by atoms with Crippen LogP contribution < -0.4 is 0 Å². The Bertz CT molecular complexity index is 1050. The molecule has 3 rings (SSSR count). The second kappa shape index (κ2) is 5.04. The minimum Gasteiger partial charge on any atom is -0.233 e. The number of aromatic nitrogens is 2. The maximum atomic E-state index is 13.6. The third-order valence-electron chi connectivity index (χ3n) is 3.31. The monoisotopic (exact) mass is 298 g/mol. The Morgan fingerprint density at radius 3 is 2.26 bits per heavy atom. The van der Waals surface area contributed by atoms with E-state index < -0.39 is 5.82 Å². The lowest BCUT2D eigenvalue weighted by Gasteiger charge is -2.02. The van der Waals surface area contributed by atoms with Crippen LogP contribution in [0.2, 0.25) is 0 Å². The van der Waals surface area contributed by atoms with Crippen molar-refractivity contribution in [1.82, 2.24) is 9.97 Å². The molecule has 0 atom stereocenters. The number of fused-ring (bicyclic) bond motifs is 3. The van der Waals surface area contributed by atoms with E-state index in [1.165, 1.54) is 18.2 Å². The number of nitrogens with zero attached hydrogens (tertiary/aromatic N) is 6. The van der Waals surface area contributed by atoms with Crippen molar-refractivity contribution in [3.05, 3.63) is 63.8 Å². The van der Waals surface area contributed by atoms with Gasteiger partial charge in [-0.25, -0.2) is 24.5 Å². The third-order valence-corrected chi connectivity index (χ3v) is 3.31. The number of nitriles is 3. The molecule has 1 aliphatic rings. The van der Waals surface area contributed by atoms with Gasteiger partial charge < -0.3 is 0 Å². The predicted octanol–water partition coefficient (Wildman–Crippen LogP) is 2.54. The average Bonchev–Trinajstić information content (AvgIpc) is 2.87. The molecule has 0 bridgehead atoms. The molecule has 0 spiro atoms. The van der Waals surface area contributed by atoms with E-state index in [1.807, 2.05) is 0 Å². The number of allylic oxidation sites excluding steroid dienone is 1. The van der Waals surface area contributed by atoms with Crippen molar-refractivity contribution < 1.29 is 4.39 Å². The number of hydrogen-bond donors (Lipinski definition) is 0. The van der Waals surface area contributed by atoms with E-state index in [0.29, 0.717) is 11.1 Å². The first-order chi connectivity index (χ1) is 11.1. The minimum absolute atomic E-state index is 0.125.